The molecule has 1 N–H and O–H groups in total. The second-order valence-corrected chi connectivity index (χ2v) is 5.75. The van der Waals surface area contributed by atoms with Crippen LogP contribution in [0.25, 0.3) is 11.0 Å². The van der Waals surface area contributed by atoms with Gasteiger partial charge in [0.1, 0.15) is 5.75 Å². The van der Waals surface area contributed by atoms with Crippen molar-refractivity contribution in [3.8, 4) is 5.75 Å². The van der Waals surface area contributed by atoms with Gasteiger partial charge in [-0.05, 0) is 24.3 Å². The van der Waals surface area contributed by atoms with Crippen molar-refractivity contribution in [1.82, 2.24) is 9.97 Å². The van der Waals surface area contributed by atoms with Gasteiger partial charge in [0.05, 0.1) is 18.1 Å². The normalized spacial score (nSPS) is 15.2. The number of nitrogens with zero attached hydrogens (tertiary/aromatic N) is 3. The summed E-state index contributed by atoms with van der Waals surface area (Å²) >= 11 is 0. The lowest BCUT2D eigenvalue weighted by Crippen LogP contribution is -2.46. The van der Waals surface area contributed by atoms with Crippen molar-refractivity contribution in [3.63, 3.8) is 0 Å². The number of hydrogen-bond donors (Lipinski definition) is 1. The lowest BCUT2D eigenvalue weighted by atomic mass is 10.2. The van der Waals surface area contributed by atoms with Crippen molar-refractivity contribution >= 4 is 22.7 Å². The minimum Gasteiger partial charge on any atom is -0.497 e. The molecule has 118 valence electrons. The third kappa shape index (κ3) is 2.70. The molecule has 23 heavy (non-hydrogen) atoms. The number of nitrogens with one attached hydrogen (secondary N) is 1. The maximum absolute atomic E-state index is 5.27. The molecule has 0 saturated carbocycles. The van der Waals surface area contributed by atoms with Crippen LogP contribution in [0.1, 0.15) is 0 Å². The molecule has 1 fully saturated rings. The van der Waals surface area contributed by atoms with E-state index in [-0.39, 0.29) is 0 Å². The molecule has 1 aliphatic rings. The van der Waals surface area contributed by atoms with Gasteiger partial charge in [-0.2, -0.15) is 0 Å². The van der Waals surface area contributed by atoms with Crippen LogP contribution in [-0.4, -0.2) is 43.3 Å². The van der Waals surface area contributed by atoms with Gasteiger partial charge in [-0.25, -0.2) is 4.98 Å². The maximum atomic E-state index is 5.27. The molecule has 0 amide bonds. The fourth-order valence-corrected chi connectivity index (χ4v) is 3.07. The van der Waals surface area contributed by atoms with Gasteiger partial charge in [0, 0.05) is 37.9 Å². The number of imidazole rings is 1. The average molecular weight is 308 g/mol. The first-order chi connectivity index (χ1) is 11.3. The highest BCUT2D eigenvalue weighted by Gasteiger charge is 2.19. The van der Waals surface area contributed by atoms with E-state index in [0.717, 1.165) is 48.9 Å². The Balaban J connectivity index is 1.50. The van der Waals surface area contributed by atoms with E-state index < -0.39 is 0 Å². The lowest BCUT2D eigenvalue weighted by molar-refractivity contribution is 0.415. The zero-order valence-electron chi connectivity index (χ0n) is 13.2. The molecule has 0 radical (unpaired) electrons. The molecule has 1 aromatic heterocycles. The number of anilines is 2. The molecule has 5 nitrogen and oxygen atoms in total. The Kier molecular flexibility index (Phi) is 3.54. The summed E-state index contributed by atoms with van der Waals surface area (Å²) in [6.07, 6.45) is 0. The van der Waals surface area contributed by atoms with Crippen molar-refractivity contribution < 1.29 is 4.74 Å². The van der Waals surface area contributed by atoms with Gasteiger partial charge in [-0.1, -0.05) is 18.2 Å². The first-order valence-corrected chi connectivity index (χ1v) is 7.92. The number of piperazine rings is 1. The first-order valence-electron chi connectivity index (χ1n) is 7.92. The summed E-state index contributed by atoms with van der Waals surface area (Å²) < 4.78 is 5.27. The number of H-pyrrole nitrogens is 1. The number of fused-ring (bicyclic) bond motifs is 1. The van der Waals surface area contributed by atoms with Crippen LogP contribution in [0.5, 0.6) is 5.75 Å². The van der Waals surface area contributed by atoms with Gasteiger partial charge >= 0.3 is 0 Å². The standard InChI is InChI=1S/C18H20N4O/c1-23-15-7-8-16-17(13-15)20-18(19-16)22-11-9-21(10-12-22)14-5-3-2-4-6-14/h2-8,13H,9-12H2,1H3,(H,19,20). The SMILES string of the molecule is COc1ccc2nc(N3CCN(c4ccccc4)CC3)[nH]c2c1. The highest BCUT2D eigenvalue weighted by molar-refractivity contribution is 5.79. The van der Waals surface area contributed by atoms with Crippen molar-refractivity contribution in [2.75, 3.05) is 43.1 Å². The van der Waals surface area contributed by atoms with E-state index in [1.54, 1.807) is 7.11 Å². The zero-order valence-corrected chi connectivity index (χ0v) is 13.2. The van der Waals surface area contributed by atoms with E-state index in [1.807, 2.05) is 18.2 Å². The van der Waals surface area contributed by atoms with Gasteiger partial charge in [0.2, 0.25) is 5.95 Å². The van der Waals surface area contributed by atoms with E-state index in [2.05, 4.69) is 45.1 Å². The molecule has 0 bridgehead atoms. The second-order valence-electron chi connectivity index (χ2n) is 5.75. The molecule has 5 heteroatoms. The van der Waals surface area contributed by atoms with Crippen LogP contribution in [0, 0.1) is 0 Å². The summed E-state index contributed by atoms with van der Waals surface area (Å²) in [6, 6.07) is 16.5. The largest absolute Gasteiger partial charge is 0.497 e. The molecule has 3 aromatic rings. The average Bonchev–Trinajstić information content (AvgIpc) is 3.05. The molecule has 0 atom stereocenters. The van der Waals surface area contributed by atoms with Crippen LogP contribution in [0.4, 0.5) is 11.6 Å². The molecule has 4 rings (SSSR count). The summed E-state index contributed by atoms with van der Waals surface area (Å²) in [5.74, 6) is 1.79. The summed E-state index contributed by atoms with van der Waals surface area (Å²) in [5, 5.41) is 0. The molecule has 0 spiro atoms. The lowest BCUT2D eigenvalue weighted by Gasteiger charge is -2.35. The van der Waals surface area contributed by atoms with E-state index >= 15 is 0 Å². The van der Waals surface area contributed by atoms with Crippen LogP contribution >= 0.6 is 0 Å². The van der Waals surface area contributed by atoms with Crippen LogP contribution < -0.4 is 14.5 Å². The predicted molar refractivity (Wildman–Crippen MR) is 93.5 cm³/mol. The highest BCUT2D eigenvalue weighted by Crippen LogP contribution is 2.23. The predicted octanol–water partition coefficient (Wildman–Crippen LogP) is 2.90. The quantitative estimate of drug-likeness (QED) is 0.808. The molecular weight excluding hydrogens is 288 g/mol. The number of para-hydroxylation sites is 1. The van der Waals surface area contributed by atoms with Gasteiger partial charge in [-0.15, -0.1) is 0 Å². The van der Waals surface area contributed by atoms with Gasteiger partial charge in [0.25, 0.3) is 0 Å². The van der Waals surface area contributed by atoms with Crippen molar-refractivity contribution in [2.24, 2.45) is 0 Å². The Morgan fingerprint density at radius 3 is 2.43 bits per heavy atom. The third-order valence-electron chi connectivity index (χ3n) is 4.38. The van der Waals surface area contributed by atoms with Crippen molar-refractivity contribution in [1.29, 1.82) is 0 Å². The molecule has 0 unspecified atom stereocenters. The second kappa shape index (κ2) is 5.83. The van der Waals surface area contributed by atoms with E-state index in [1.165, 1.54) is 5.69 Å². The Morgan fingerprint density at radius 2 is 1.70 bits per heavy atom. The number of hydrogen-bond acceptors (Lipinski definition) is 4. The summed E-state index contributed by atoms with van der Waals surface area (Å²) in [5.41, 5.74) is 3.29. The Hall–Kier alpha value is -2.69. The number of benzene rings is 2. The number of ether oxygens (including phenoxy) is 1. The molecular formula is C18H20N4O. The van der Waals surface area contributed by atoms with Crippen LogP contribution in [-0.2, 0) is 0 Å². The van der Waals surface area contributed by atoms with Crippen LogP contribution in [0.3, 0.4) is 0 Å². The van der Waals surface area contributed by atoms with Crippen LogP contribution in [0.2, 0.25) is 0 Å². The molecule has 1 saturated heterocycles. The molecule has 1 aliphatic heterocycles. The number of rotatable bonds is 3. The van der Waals surface area contributed by atoms with E-state index in [9.17, 15) is 0 Å². The van der Waals surface area contributed by atoms with Gasteiger partial charge in [0.15, 0.2) is 0 Å². The monoisotopic (exact) mass is 308 g/mol. The summed E-state index contributed by atoms with van der Waals surface area (Å²) in [7, 11) is 1.68. The summed E-state index contributed by atoms with van der Waals surface area (Å²) in [6.45, 7) is 3.94. The smallest absolute Gasteiger partial charge is 0.203 e. The van der Waals surface area contributed by atoms with Crippen molar-refractivity contribution in [3.05, 3.63) is 48.5 Å². The fraction of sp³-hybridized carbons (Fsp3) is 0.278. The van der Waals surface area contributed by atoms with Crippen molar-refractivity contribution in [2.45, 2.75) is 0 Å². The highest BCUT2D eigenvalue weighted by atomic mass is 16.5. The number of aromatic amines is 1. The maximum Gasteiger partial charge on any atom is 0.203 e. The van der Waals surface area contributed by atoms with Gasteiger partial charge in [-0.3, -0.25) is 0 Å². The minimum absolute atomic E-state index is 0.849. The number of aromatic nitrogens is 2. The Bertz CT molecular complexity index is 791. The molecule has 0 aliphatic carbocycles. The van der Waals surface area contributed by atoms with E-state index in [0.29, 0.717) is 0 Å². The molecule has 2 heterocycles. The Labute approximate surface area is 135 Å². The zero-order chi connectivity index (χ0) is 15.6. The topological polar surface area (TPSA) is 44.4 Å². The first kappa shape index (κ1) is 13.9. The summed E-state index contributed by atoms with van der Waals surface area (Å²) in [4.78, 5) is 12.8. The Morgan fingerprint density at radius 1 is 0.957 bits per heavy atom. The van der Waals surface area contributed by atoms with E-state index in [4.69, 9.17) is 9.72 Å². The minimum atomic E-state index is 0.849. The fourth-order valence-electron chi connectivity index (χ4n) is 3.07. The molecule has 2 aromatic carbocycles. The van der Waals surface area contributed by atoms with Gasteiger partial charge < -0.3 is 19.5 Å². The third-order valence-corrected chi connectivity index (χ3v) is 4.38. The van der Waals surface area contributed by atoms with Crippen LogP contribution in [0.15, 0.2) is 48.5 Å². The number of methoxy groups -OCH3 is 1.